The number of hydrogen-bond acceptors (Lipinski definition) is 4. The summed E-state index contributed by atoms with van der Waals surface area (Å²) in [6.07, 6.45) is 0.864. The van der Waals surface area contributed by atoms with Crippen molar-refractivity contribution in [1.29, 1.82) is 0 Å². The number of ether oxygens (including phenoxy) is 1. The van der Waals surface area contributed by atoms with Crippen LogP contribution in [0.4, 0.5) is 10.5 Å². The van der Waals surface area contributed by atoms with Crippen molar-refractivity contribution in [3.8, 4) is 0 Å². The summed E-state index contributed by atoms with van der Waals surface area (Å²) in [7, 11) is 0. The monoisotopic (exact) mass is 341 g/mol. The molecule has 0 aliphatic heterocycles. The molecule has 0 bridgehead atoms. The number of primary amides is 1. The maximum atomic E-state index is 11.7. The van der Waals surface area contributed by atoms with Crippen LogP contribution in [0.1, 0.15) is 18.1 Å². The molecule has 2 aromatic carbocycles. The van der Waals surface area contributed by atoms with E-state index < -0.39 is 18.0 Å². The molecule has 0 fully saturated rings. The Morgan fingerprint density at radius 1 is 1.08 bits per heavy atom. The second kappa shape index (κ2) is 9.44. The molecule has 0 aromatic heterocycles. The van der Waals surface area contributed by atoms with Crippen molar-refractivity contribution >= 4 is 17.6 Å². The number of carbonyl (C=O) groups excluding carboxylic acids is 2. The van der Waals surface area contributed by atoms with Gasteiger partial charge < -0.3 is 15.8 Å². The van der Waals surface area contributed by atoms with Crippen molar-refractivity contribution in [3.63, 3.8) is 0 Å². The van der Waals surface area contributed by atoms with E-state index in [1.54, 1.807) is 6.92 Å². The minimum atomic E-state index is -0.862. The van der Waals surface area contributed by atoms with Crippen molar-refractivity contribution in [1.82, 2.24) is 5.32 Å². The Morgan fingerprint density at radius 2 is 1.80 bits per heavy atom. The zero-order valence-corrected chi connectivity index (χ0v) is 14.2. The lowest BCUT2D eigenvalue weighted by Gasteiger charge is -2.14. The third-order valence-electron chi connectivity index (χ3n) is 3.60. The number of benzene rings is 2. The lowest BCUT2D eigenvalue weighted by atomic mass is 10.1. The van der Waals surface area contributed by atoms with Crippen LogP contribution in [-0.2, 0) is 22.6 Å². The van der Waals surface area contributed by atoms with E-state index >= 15 is 0 Å². The fourth-order valence-corrected chi connectivity index (χ4v) is 2.32. The smallest absolute Gasteiger partial charge is 0.318 e. The molecule has 25 heavy (non-hydrogen) atoms. The Hall–Kier alpha value is -2.86. The van der Waals surface area contributed by atoms with Gasteiger partial charge in [0.15, 0.2) is 0 Å². The molecule has 0 aliphatic rings. The van der Waals surface area contributed by atoms with Gasteiger partial charge >= 0.3 is 6.03 Å². The summed E-state index contributed by atoms with van der Waals surface area (Å²) in [5.41, 5.74) is 7.96. The summed E-state index contributed by atoms with van der Waals surface area (Å²) in [4.78, 5) is 22.4. The molecule has 0 saturated carbocycles. The van der Waals surface area contributed by atoms with Crippen molar-refractivity contribution in [2.75, 3.05) is 11.9 Å². The first-order valence-corrected chi connectivity index (χ1v) is 8.12. The van der Waals surface area contributed by atoms with E-state index in [0.29, 0.717) is 13.2 Å². The average Bonchev–Trinajstić information content (AvgIpc) is 2.59. The third kappa shape index (κ3) is 6.64. The van der Waals surface area contributed by atoms with Crippen LogP contribution < -0.4 is 16.4 Å². The highest BCUT2D eigenvalue weighted by Gasteiger charge is 2.14. The van der Waals surface area contributed by atoms with Crippen LogP contribution in [-0.4, -0.2) is 24.6 Å². The van der Waals surface area contributed by atoms with Crippen LogP contribution >= 0.6 is 0 Å². The molecule has 0 aliphatic carbocycles. The summed E-state index contributed by atoms with van der Waals surface area (Å²) < 4.78 is 5.72. The third-order valence-corrected chi connectivity index (χ3v) is 3.60. The van der Waals surface area contributed by atoms with E-state index in [0.717, 1.165) is 17.7 Å². The van der Waals surface area contributed by atoms with Gasteiger partial charge in [0, 0.05) is 5.69 Å². The number of imide groups is 1. The predicted octanol–water partition coefficient (Wildman–Crippen LogP) is 2.44. The van der Waals surface area contributed by atoms with Crippen LogP contribution in [0.25, 0.3) is 0 Å². The minimum absolute atomic E-state index is 0.475. The second-order valence-electron chi connectivity index (χ2n) is 5.71. The number of nitrogens with one attached hydrogen (secondary N) is 2. The average molecular weight is 341 g/mol. The van der Waals surface area contributed by atoms with Crippen LogP contribution in [0.3, 0.4) is 0 Å². The summed E-state index contributed by atoms with van der Waals surface area (Å²) in [5, 5.41) is 5.08. The number of rotatable bonds is 8. The largest absolute Gasteiger partial charge is 0.376 e. The molecule has 2 aromatic rings. The standard InChI is InChI=1S/C19H23N3O3/c1-14(18(23)22-19(20)24)21-17-9-5-8-16(12-17)13-25-11-10-15-6-3-2-4-7-15/h2-9,12,14,21H,10-11,13H2,1H3,(H3,20,22,23,24). The molecule has 1 atom stereocenters. The molecular formula is C19H23N3O3. The predicted molar refractivity (Wildman–Crippen MR) is 97.1 cm³/mol. The number of urea groups is 1. The lowest BCUT2D eigenvalue weighted by Crippen LogP contribution is -2.43. The van der Waals surface area contributed by atoms with Crippen LogP contribution in [0.2, 0.25) is 0 Å². The first kappa shape index (κ1) is 18.5. The quantitative estimate of drug-likeness (QED) is 0.643. The second-order valence-corrected chi connectivity index (χ2v) is 5.71. The van der Waals surface area contributed by atoms with E-state index in [4.69, 9.17) is 10.5 Å². The van der Waals surface area contributed by atoms with Gasteiger partial charge in [0.2, 0.25) is 5.91 Å². The zero-order valence-electron chi connectivity index (χ0n) is 14.2. The Morgan fingerprint density at radius 3 is 2.52 bits per heavy atom. The first-order valence-electron chi connectivity index (χ1n) is 8.12. The van der Waals surface area contributed by atoms with E-state index in [-0.39, 0.29) is 0 Å². The van der Waals surface area contributed by atoms with Crippen molar-refractivity contribution in [2.24, 2.45) is 5.73 Å². The molecule has 2 rings (SSSR count). The summed E-state index contributed by atoms with van der Waals surface area (Å²) in [6, 6.07) is 16.3. The highest BCUT2D eigenvalue weighted by molar-refractivity contribution is 5.97. The number of nitrogens with two attached hydrogens (primary N) is 1. The number of carbonyl (C=O) groups is 2. The van der Waals surface area contributed by atoms with Gasteiger partial charge in [-0.3, -0.25) is 10.1 Å². The van der Waals surface area contributed by atoms with Crippen molar-refractivity contribution < 1.29 is 14.3 Å². The van der Waals surface area contributed by atoms with E-state index in [1.807, 2.05) is 47.8 Å². The van der Waals surface area contributed by atoms with Crippen LogP contribution in [0.15, 0.2) is 54.6 Å². The van der Waals surface area contributed by atoms with E-state index in [9.17, 15) is 9.59 Å². The molecule has 4 N–H and O–H groups in total. The Labute approximate surface area is 147 Å². The number of anilines is 1. The topological polar surface area (TPSA) is 93.4 Å². The molecular weight excluding hydrogens is 318 g/mol. The summed E-state index contributed by atoms with van der Waals surface area (Å²) in [6.45, 7) is 2.78. The molecule has 3 amide bonds. The minimum Gasteiger partial charge on any atom is -0.376 e. The Balaban J connectivity index is 1.80. The number of hydrogen-bond donors (Lipinski definition) is 3. The SMILES string of the molecule is CC(Nc1cccc(COCCc2ccccc2)c1)C(=O)NC(N)=O. The Kier molecular flexibility index (Phi) is 6.98. The highest BCUT2D eigenvalue weighted by atomic mass is 16.5. The van der Waals surface area contributed by atoms with Crippen molar-refractivity contribution in [2.45, 2.75) is 26.0 Å². The molecule has 0 saturated heterocycles. The molecule has 6 nitrogen and oxygen atoms in total. The van der Waals surface area contributed by atoms with E-state index in [2.05, 4.69) is 17.4 Å². The summed E-state index contributed by atoms with van der Waals surface area (Å²) in [5.74, 6) is -0.475. The molecule has 132 valence electrons. The summed E-state index contributed by atoms with van der Waals surface area (Å²) >= 11 is 0. The molecule has 0 spiro atoms. The van der Waals surface area contributed by atoms with Gasteiger partial charge in [-0.15, -0.1) is 0 Å². The van der Waals surface area contributed by atoms with Crippen LogP contribution in [0, 0.1) is 0 Å². The maximum absolute atomic E-state index is 11.7. The van der Waals surface area contributed by atoms with Gasteiger partial charge in [0.05, 0.1) is 13.2 Å². The Bertz CT molecular complexity index is 704. The van der Waals surface area contributed by atoms with Gasteiger partial charge in [-0.2, -0.15) is 0 Å². The normalized spacial score (nSPS) is 11.6. The lowest BCUT2D eigenvalue weighted by molar-refractivity contribution is -0.120. The van der Waals surface area contributed by atoms with E-state index in [1.165, 1.54) is 5.56 Å². The highest BCUT2D eigenvalue weighted by Crippen LogP contribution is 2.13. The fourth-order valence-electron chi connectivity index (χ4n) is 2.32. The van der Waals surface area contributed by atoms with Gasteiger partial charge in [-0.25, -0.2) is 4.79 Å². The van der Waals surface area contributed by atoms with Gasteiger partial charge in [0.25, 0.3) is 0 Å². The zero-order chi connectivity index (χ0) is 18.1. The maximum Gasteiger partial charge on any atom is 0.318 e. The van der Waals surface area contributed by atoms with Gasteiger partial charge in [-0.1, -0.05) is 42.5 Å². The number of amides is 3. The first-order chi connectivity index (χ1) is 12.0. The molecule has 6 heteroatoms. The molecule has 1 unspecified atom stereocenters. The fraction of sp³-hybridized carbons (Fsp3) is 0.263. The molecule has 0 radical (unpaired) electrons. The van der Waals surface area contributed by atoms with Crippen LogP contribution in [0.5, 0.6) is 0 Å². The van der Waals surface area contributed by atoms with Crippen molar-refractivity contribution in [3.05, 3.63) is 65.7 Å². The van der Waals surface area contributed by atoms with Gasteiger partial charge in [-0.05, 0) is 36.6 Å². The van der Waals surface area contributed by atoms with Gasteiger partial charge in [0.1, 0.15) is 6.04 Å². The molecule has 0 heterocycles.